The standard InChI is InChI=1S/C12H20N6O2/c1-3-13-10-16-11(18-12(17-10)20-4-2)14-7-8-5-6-9(19)15-8/h8H,3-7H2,1-2H3,(H,15,19)(H2,13,14,16,17,18). The lowest BCUT2D eigenvalue weighted by Crippen LogP contribution is -2.32. The molecule has 0 spiro atoms. The molecule has 8 heteroatoms. The van der Waals surface area contributed by atoms with Gasteiger partial charge in [-0.1, -0.05) is 0 Å². The molecule has 2 rings (SSSR count). The molecule has 0 saturated carbocycles. The van der Waals surface area contributed by atoms with Gasteiger partial charge in [0.2, 0.25) is 17.8 Å². The predicted octanol–water partition coefficient (Wildman–Crippen LogP) is 0.393. The summed E-state index contributed by atoms with van der Waals surface area (Å²) in [5.41, 5.74) is 0. The first-order valence-corrected chi connectivity index (χ1v) is 6.87. The first-order valence-electron chi connectivity index (χ1n) is 6.87. The van der Waals surface area contributed by atoms with Gasteiger partial charge >= 0.3 is 6.01 Å². The highest BCUT2D eigenvalue weighted by Gasteiger charge is 2.20. The van der Waals surface area contributed by atoms with Crippen LogP contribution in [-0.2, 0) is 4.79 Å². The van der Waals surface area contributed by atoms with E-state index in [4.69, 9.17) is 4.74 Å². The van der Waals surface area contributed by atoms with Crippen LogP contribution in [0.25, 0.3) is 0 Å². The van der Waals surface area contributed by atoms with E-state index in [1.807, 2.05) is 13.8 Å². The molecule has 0 aromatic carbocycles. The van der Waals surface area contributed by atoms with Crippen LogP contribution in [0.1, 0.15) is 26.7 Å². The van der Waals surface area contributed by atoms with Crippen molar-refractivity contribution < 1.29 is 9.53 Å². The molecular weight excluding hydrogens is 260 g/mol. The second-order valence-corrected chi connectivity index (χ2v) is 4.41. The molecule has 1 aromatic heterocycles. The summed E-state index contributed by atoms with van der Waals surface area (Å²) < 4.78 is 5.31. The summed E-state index contributed by atoms with van der Waals surface area (Å²) in [5, 5.41) is 9.02. The van der Waals surface area contributed by atoms with Crippen LogP contribution in [0.15, 0.2) is 0 Å². The van der Waals surface area contributed by atoms with E-state index in [-0.39, 0.29) is 18.0 Å². The molecule has 0 aliphatic carbocycles. The summed E-state index contributed by atoms with van der Waals surface area (Å²) in [6.45, 7) is 5.64. The number of nitrogens with zero attached hydrogens (tertiary/aromatic N) is 3. The Morgan fingerprint density at radius 2 is 2.00 bits per heavy atom. The van der Waals surface area contributed by atoms with Crippen molar-refractivity contribution in [3.8, 4) is 6.01 Å². The topological polar surface area (TPSA) is 101 Å². The molecule has 0 bridgehead atoms. The third-order valence-electron chi connectivity index (χ3n) is 2.81. The van der Waals surface area contributed by atoms with Crippen LogP contribution in [0.4, 0.5) is 11.9 Å². The van der Waals surface area contributed by atoms with Gasteiger partial charge in [-0.25, -0.2) is 0 Å². The summed E-state index contributed by atoms with van der Waals surface area (Å²) in [6, 6.07) is 0.411. The molecule has 1 fully saturated rings. The summed E-state index contributed by atoms with van der Waals surface area (Å²) in [4.78, 5) is 23.7. The van der Waals surface area contributed by atoms with Gasteiger partial charge < -0.3 is 20.7 Å². The van der Waals surface area contributed by atoms with Gasteiger partial charge in [-0.15, -0.1) is 0 Å². The third kappa shape index (κ3) is 3.94. The fourth-order valence-electron chi connectivity index (χ4n) is 1.91. The van der Waals surface area contributed by atoms with Crippen molar-refractivity contribution >= 4 is 17.8 Å². The first-order chi connectivity index (χ1) is 9.71. The molecule has 1 aromatic rings. The number of rotatable bonds is 7. The zero-order valence-electron chi connectivity index (χ0n) is 11.8. The SMILES string of the molecule is CCNc1nc(NCC2CCC(=O)N2)nc(OCC)n1. The van der Waals surface area contributed by atoms with Crippen LogP contribution in [0.5, 0.6) is 6.01 Å². The fourth-order valence-corrected chi connectivity index (χ4v) is 1.91. The Kier molecular flexibility index (Phi) is 4.91. The minimum atomic E-state index is 0.0933. The lowest BCUT2D eigenvalue weighted by Gasteiger charge is -2.12. The smallest absolute Gasteiger partial charge is 0.323 e. The Hall–Kier alpha value is -2.12. The number of amides is 1. The number of hydrogen-bond acceptors (Lipinski definition) is 7. The molecule has 1 atom stereocenters. The van der Waals surface area contributed by atoms with Crippen LogP contribution in [0.3, 0.4) is 0 Å². The predicted molar refractivity (Wildman–Crippen MR) is 74.8 cm³/mol. The minimum absolute atomic E-state index is 0.0933. The lowest BCUT2D eigenvalue weighted by molar-refractivity contribution is -0.119. The summed E-state index contributed by atoms with van der Waals surface area (Å²) >= 11 is 0. The van der Waals surface area contributed by atoms with Crippen molar-refractivity contribution in [2.24, 2.45) is 0 Å². The van der Waals surface area contributed by atoms with Crippen LogP contribution in [0, 0.1) is 0 Å². The maximum absolute atomic E-state index is 11.1. The van der Waals surface area contributed by atoms with Crippen LogP contribution in [-0.4, -0.2) is 46.6 Å². The van der Waals surface area contributed by atoms with Gasteiger partial charge in [-0.05, 0) is 20.3 Å². The number of anilines is 2. The molecule has 110 valence electrons. The second kappa shape index (κ2) is 6.88. The number of ether oxygens (including phenoxy) is 1. The van der Waals surface area contributed by atoms with Crippen molar-refractivity contribution in [3.05, 3.63) is 0 Å². The zero-order valence-corrected chi connectivity index (χ0v) is 11.8. The second-order valence-electron chi connectivity index (χ2n) is 4.41. The van der Waals surface area contributed by atoms with E-state index >= 15 is 0 Å². The molecule has 8 nitrogen and oxygen atoms in total. The molecule has 20 heavy (non-hydrogen) atoms. The van der Waals surface area contributed by atoms with E-state index in [2.05, 4.69) is 30.9 Å². The van der Waals surface area contributed by atoms with Gasteiger partial charge in [-0.3, -0.25) is 4.79 Å². The Morgan fingerprint density at radius 3 is 2.60 bits per heavy atom. The third-order valence-corrected chi connectivity index (χ3v) is 2.81. The van der Waals surface area contributed by atoms with Gasteiger partial charge in [0, 0.05) is 25.6 Å². The minimum Gasteiger partial charge on any atom is -0.464 e. The van der Waals surface area contributed by atoms with Crippen molar-refractivity contribution in [2.45, 2.75) is 32.7 Å². The highest BCUT2D eigenvalue weighted by Crippen LogP contribution is 2.12. The van der Waals surface area contributed by atoms with E-state index in [0.29, 0.717) is 38.0 Å². The zero-order chi connectivity index (χ0) is 14.4. The lowest BCUT2D eigenvalue weighted by atomic mass is 10.2. The molecule has 2 heterocycles. The molecule has 1 aliphatic heterocycles. The Morgan fingerprint density at radius 1 is 1.25 bits per heavy atom. The van der Waals surface area contributed by atoms with Gasteiger partial charge in [0.15, 0.2) is 0 Å². The number of aromatic nitrogens is 3. The number of nitrogens with one attached hydrogen (secondary N) is 3. The number of hydrogen-bond donors (Lipinski definition) is 3. The highest BCUT2D eigenvalue weighted by atomic mass is 16.5. The van der Waals surface area contributed by atoms with E-state index in [1.54, 1.807) is 0 Å². The number of carbonyl (C=O) groups excluding carboxylic acids is 1. The average Bonchev–Trinajstić information content (AvgIpc) is 2.83. The monoisotopic (exact) mass is 280 g/mol. The van der Waals surface area contributed by atoms with Crippen LogP contribution < -0.4 is 20.7 Å². The van der Waals surface area contributed by atoms with Gasteiger partial charge in [0.1, 0.15) is 0 Å². The fraction of sp³-hybridized carbons (Fsp3) is 0.667. The quantitative estimate of drug-likeness (QED) is 0.664. The molecule has 3 N–H and O–H groups in total. The van der Waals surface area contributed by atoms with Gasteiger partial charge in [-0.2, -0.15) is 15.0 Å². The van der Waals surface area contributed by atoms with E-state index < -0.39 is 0 Å². The highest BCUT2D eigenvalue weighted by molar-refractivity contribution is 5.78. The summed E-state index contributed by atoms with van der Waals surface area (Å²) in [5.74, 6) is 1.01. The van der Waals surface area contributed by atoms with Crippen molar-refractivity contribution in [3.63, 3.8) is 0 Å². The average molecular weight is 280 g/mol. The molecular formula is C12H20N6O2. The normalized spacial score (nSPS) is 17.7. The van der Waals surface area contributed by atoms with Crippen molar-refractivity contribution in [1.82, 2.24) is 20.3 Å². The van der Waals surface area contributed by atoms with E-state index in [0.717, 1.165) is 6.42 Å². The van der Waals surface area contributed by atoms with E-state index in [9.17, 15) is 4.79 Å². The van der Waals surface area contributed by atoms with Crippen LogP contribution >= 0.6 is 0 Å². The maximum atomic E-state index is 11.1. The van der Waals surface area contributed by atoms with Crippen molar-refractivity contribution in [2.75, 3.05) is 30.3 Å². The molecule has 1 amide bonds. The summed E-state index contributed by atoms with van der Waals surface area (Å²) in [6.07, 6.45) is 1.41. The Labute approximate surface area is 117 Å². The van der Waals surface area contributed by atoms with Crippen molar-refractivity contribution in [1.29, 1.82) is 0 Å². The largest absolute Gasteiger partial charge is 0.464 e. The van der Waals surface area contributed by atoms with Gasteiger partial charge in [0.25, 0.3) is 0 Å². The molecule has 1 unspecified atom stereocenters. The molecule has 1 saturated heterocycles. The molecule has 0 radical (unpaired) electrons. The summed E-state index contributed by atoms with van der Waals surface area (Å²) in [7, 11) is 0. The Balaban J connectivity index is 1.99. The van der Waals surface area contributed by atoms with Crippen LogP contribution in [0.2, 0.25) is 0 Å². The van der Waals surface area contributed by atoms with E-state index in [1.165, 1.54) is 0 Å². The number of carbonyl (C=O) groups is 1. The Bertz CT molecular complexity index is 443. The van der Waals surface area contributed by atoms with Gasteiger partial charge in [0.05, 0.1) is 6.61 Å². The first kappa shape index (κ1) is 14.3. The maximum Gasteiger partial charge on any atom is 0.323 e. The molecule has 1 aliphatic rings.